The molecule has 176 valence electrons. The molecule has 0 bridgehead atoms. The van der Waals surface area contributed by atoms with Crippen molar-refractivity contribution < 1.29 is 34.1 Å². The van der Waals surface area contributed by atoms with Crippen LogP contribution in [0.2, 0.25) is 0 Å². The Morgan fingerprint density at radius 3 is 2.41 bits per heavy atom. The number of Topliss-reactive ketones (excluding diaryl/α,β-unsaturated/α-hetero) is 1. The van der Waals surface area contributed by atoms with Crippen molar-refractivity contribution in [2.75, 3.05) is 6.61 Å². The molecule has 32 heavy (non-hydrogen) atoms. The molecule has 0 spiro atoms. The number of ether oxygens (including phenoxy) is 1. The molecule has 0 amide bonds. The number of hydrogen-bond donors (Lipinski definition) is 2. The van der Waals surface area contributed by atoms with Gasteiger partial charge in [-0.1, -0.05) is 31.1 Å². The van der Waals surface area contributed by atoms with Crippen LogP contribution in [0.1, 0.15) is 72.6 Å². The SMILES string of the molecule is CC(=O)O.CC(=O)OCC(=O)[C@@]1(O)CC[C@H]2[C@@H]3CCC4=CC(=O)CC[C@]4(C)C3=CC[C@@]21C. The Kier molecular flexibility index (Phi) is 6.53. The van der Waals surface area contributed by atoms with Crippen LogP contribution in [0, 0.1) is 22.7 Å². The van der Waals surface area contributed by atoms with Crippen molar-refractivity contribution in [3.63, 3.8) is 0 Å². The fourth-order valence-electron chi connectivity index (χ4n) is 6.61. The van der Waals surface area contributed by atoms with Crippen LogP contribution in [-0.2, 0) is 23.9 Å². The second-order valence-corrected chi connectivity index (χ2v) is 10.1. The molecule has 0 heterocycles. The highest BCUT2D eigenvalue weighted by molar-refractivity contribution is 5.92. The largest absolute Gasteiger partial charge is 0.481 e. The summed E-state index contributed by atoms with van der Waals surface area (Å²) in [4.78, 5) is 44.9. The molecule has 4 rings (SSSR count). The van der Waals surface area contributed by atoms with E-state index in [0.29, 0.717) is 25.2 Å². The van der Waals surface area contributed by atoms with Crippen LogP contribution in [0.15, 0.2) is 23.3 Å². The Morgan fingerprint density at radius 2 is 1.78 bits per heavy atom. The molecular weight excluding hydrogens is 412 g/mol. The van der Waals surface area contributed by atoms with Gasteiger partial charge in [0.2, 0.25) is 5.78 Å². The Hall–Kier alpha value is -2.28. The minimum Gasteiger partial charge on any atom is -0.481 e. The topological polar surface area (TPSA) is 118 Å². The molecule has 0 aromatic heterocycles. The van der Waals surface area contributed by atoms with Crippen LogP contribution in [0.5, 0.6) is 0 Å². The third-order valence-electron chi connectivity index (χ3n) is 8.36. The Bertz CT molecular complexity index is 896. The molecule has 2 fully saturated rings. The van der Waals surface area contributed by atoms with Crippen LogP contribution < -0.4 is 0 Å². The number of carboxylic acid groups (broad SMARTS) is 1. The van der Waals surface area contributed by atoms with E-state index >= 15 is 0 Å². The van der Waals surface area contributed by atoms with Crippen LogP contribution in [-0.4, -0.2) is 45.9 Å². The van der Waals surface area contributed by atoms with Crippen molar-refractivity contribution in [2.45, 2.75) is 78.2 Å². The van der Waals surface area contributed by atoms with Crippen molar-refractivity contribution >= 4 is 23.5 Å². The molecule has 2 N–H and O–H groups in total. The van der Waals surface area contributed by atoms with Crippen LogP contribution in [0.4, 0.5) is 0 Å². The first-order chi connectivity index (χ1) is 14.8. The molecule has 0 aromatic carbocycles. The van der Waals surface area contributed by atoms with E-state index in [1.165, 1.54) is 18.1 Å². The summed E-state index contributed by atoms with van der Waals surface area (Å²) in [5, 5.41) is 18.8. The van der Waals surface area contributed by atoms with Crippen LogP contribution in [0.3, 0.4) is 0 Å². The van der Waals surface area contributed by atoms with Gasteiger partial charge < -0.3 is 14.9 Å². The molecule has 4 aliphatic carbocycles. The lowest BCUT2D eigenvalue weighted by molar-refractivity contribution is -0.162. The Morgan fingerprint density at radius 1 is 1.12 bits per heavy atom. The molecule has 5 atom stereocenters. The fourth-order valence-corrected chi connectivity index (χ4v) is 6.61. The van der Waals surface area contributed by atoms with Crippen molar-refractivity contribution in [3.05, 3.63) is 23.3 Å². The average Bonchev–Trinajstić information content (AvgIpc) is 2.98. The molecule has 2 saturated carbocycles. The van der Waals surface area contributed by atoms with E-state index in [0.717, 1.165) is 32.6 Å². The van der Waals surface area contributed by atoms with E-state index in [9.17, 15) is 19.5 Å². The second-order valence-electron chi connectivity index (χ2n) is 10.1. The number of aliphatic carboxylic acids is 1. The zero-order chi connectivity index (χ0) is 23.9. The zero-order valence-corrected chi connectivity index (χ0v) is 19.4. The molecule has 7 nitrogen and oxygen atoms in total. The van der Waals surface area contributed by atoms with Crippen molar-refractivity contribution in [1.82, 2.24) is 0 Å². The fraction of sp³-hybridized carbons (Fsp3) is 0.680. The highest BCUT2D eigenvalue weighted by Gasteiger charge is 2.64. The highest BCUT2D eigenvalue weighted by Crippen LogP contribution is 2.65. The summed E-state index contributed by atoms with van der Waals surface area (Å²) in [6, 6.07) is 0. The summed E-state index contributed by atoms with van der Waals surface area (Å²) in [6.07, 6.45) is 9.31. The number of hydrogen-bond acceptors (Lipinski definition) is 6. The molecule has 0 unspecified atom stereocenters. The van der Waals surface area contributed by atoms with E-state index < -0.39 is 23.0 Å². The summed E-state index contributed by atoms with van der Waals surface area (Å²) in [5.74, 6) is -0.915. The van der Waals surface area contributed by atoms with E-state index in [1.54, 1.807) is 0 Å². The zero-order valence-electron chi connectivity index (χ0n) is 19.4. The number of esters is 1. The van der Waals surface area contributed by atoms with Gasteiger partial charge in [-0.3, -0.25) is 19.2 Å². The summed E-state index contributed by atoms with van der Waals surface area (Å²) in [7, 11) is 0. The van der Waals surface area contributed by atoms with E-state index in [4.69, 9.17) is 14.6 Å². The summed E-state index contributed by atoms with van der Waals surface area (Å²) < 4.78 is 4.91. The Labute approximate surface area is 188 Å². The standard InChI is InChI=1S/C23H30O5.C2H4O2/c1-14(24)28-13-20(26)23(27)11-8-19-17-5-4-15-12-16(25)6-9-21(15,2)18(17)7-10-22(19,23)3;1-2(3)4/h7,12,17,19,27H,4-6,8-11,13H2,1-3H3;1H3,(H,3,4)/t17-,19+,21+,22+,23+;/m1./s1. The number of carbonyl (C=O) groups excluding carboxylic acids is 3. The number of aliphatic hydroxyl groups is 1. The van der Waals surface area contributed by atoms with Gasteiger partial charge in [-0.25, -0.2) is 0 Å². The smallest absolute Gasteiger partial charge is 0.303 e. The quantitative estimate of drug-likeness (QED) is 0.504. The normalized spacial score (nSPS) is 37.5. The maximum Gasteiger partial charge on any atom is 0.303 e. The third kappa shape index (κ3) is 3.96. The van der Waals surface area contributed by atoms with E-state index in [-0.39, 0.29) is 29.5 Å². The van der Waals surface area contributed by atoms with Crippen molar-refractivity contribution in [3.8, 4) is 0 Å². The van der Waals surface area contributed by atoms with Gasteiger partial charge in [-0.05, 0) is 56.4 Å². The third-order valence-corrected chi connectivity index (χ3v) is 8.36. The predicted molar refractivity (Wildman–Crippen MR) is 117 cm³/mol. The molecule has 7 heteroatoms. The minimum absolute atomic E-state index is 0.0549. The van der Waals surface area contributed by atoms with E-state index in [2.05, 4.69) is 13.0 Å². The molecule has 0 aromatic rings. The van der Waals surface area contributed by atoms with Gasteiger partial charge in [0.1, 0.15) is 5.60 Å². The molecule has 0 radical (unpaired) electrons. The maximum absolute atomic E-state index is 12.8. The van der Waals surface area contributed by atoms with Gasteiger partial charge in [0.25, 0.3) is 5.97 Å². The number of rotatable bonds is 3. The Balaban J connectivity index is 0.000000668. The molecule has 4 aliphatic rings. The lowest BCUT2D eigenvalue weighted by Crippen LogP contribution is -2.55. The number of fused-ring (bicyclic) bond motifs is 5. The first-order valence-corrected chi connectivity index (χ1v) is 11.4. The van der Waals surface area contributed by atoms with E-state index in [1.807, 2.05) is 13.0 Å². The van der Waals surface area contributed by atoms with Crippen LogP contribution >= 0.6 is 0 Å². The number of carboxylic acids is 1. The van der Waals surface area contributed by atoms with Crippen LogP contribution in [0.25, 0.3) is 0 Å². The van der Waals surface area contributed by atoms with Crippen molar-refractivity contribution in [1.29, 1.82) is 0 Å². The highest BCUT2D eigenvalue weighted by atomic mass is 16.5. The molecule has 0 saturated heterocycles. The first-order valence-electron chi connectivity index (χ1n) is 11.4. The number of ketones is 2. The summed E-state index contributed by atoms with van der Waals surface area (Å²) in [6.45, 7) is 6.29. The van der Waals surface area contributed by atoms with Gasteiger partial charge in [-0.15, -0.1) is 0 Å². The van der Waals surface area contributed by atoms with Gasteiger partial charge in [0.15, 0.2) is 12.4 Å². The van der Waals surface area contributed by atoms with Gasteiger partial charge in [0.05, 0.1) is 0 Å². The van der Waals surface area contributed by atoms with Gasteiger partial charge >= 0.3 is 5.97 Å². The first kappa shape index (κ1) is 24.4. The maximum atomic E-state index is 12.8. The predicted octanol–water partition coefficient (Wildman–Crippen LogP) is 3.39. The average molecular weight is 447 g/mol. The number of allylic oxidation sites excluding steroid dienone is 4. The van der Waals surface area contributed by atoms with Gasteiger partial charge in [0, 0.05) is 31.1 Å². The lowest BCUT2D eigenvalue weighted by Gasteiger charge is -2.54. The number of carbonyl (C=O) groups is 4. The minimum atomic E-state index is -1.45. The van der Waals surface area contributed by atoms with Crippen molar-refractivity contribution in [2.24, 2.45) is 22.7 Å². The lowest BCUT2D eigenvalue weighted by atomic mass is 9.50. The summed E-state index contributed by atoms with van der Waals surface area (Å²) in [5.41, 5.74) is 0.626. The molecule has 0 aliphatic heterocycles. The van der Waals surface area contributed by atoms with Gasteiger partial charge in [-0.2, -0.15) is 0 Å². The summed E-state index contributed by atoms with van der Waals surface area (Å²) >= 11 is 0. The monoisotopic (exact) mass is 446 g/mol. The second kappa shape index (κ2) is 8.58. The molecular formula is C25H34O7.